The van der Waals surface area contributed by atoms with Gasteiger partial charge in [-0.05, 0) is 43.5 Å². The molecule has 1 aromatic carbocycles. The average Bonchev–Trinajstić information content (AvgIpc) is 2.96. The standard InChI is InChI=1S/C19H24N2O/c1-15(2)14-21-13-7-11-18(21)17-10-6-12-20-19(17)22-16-8-4-3-5-9-16/h3-6,8-10,12,15,18H,7,11,13-14H2,1-2H3. The van der Waals surface area contributed by atoms with Crippen LogP contribution in [0.3, 0.4) is 0 Å². The number of aromatic nitrogens is 1. The van der Waals surface area contributed by atoms with Crippen LogP contribution in [-0.4, -0.2) is 23.0 Å². The predicted molar refractivity (Wildman–Crippen MR) is 89.1 cm³/mol. The summed E-state index contributed by atoms with van der Waals surface area (Å²) in [5, 5.41) is 0. The highest BCUT2D eigenvalue weighted by molar-refractivity contribution is 5.34. The van der Waals surface area contributed by atoms with Gasteiger partial charge in [-0.15, -0.1) is 0 Å². The molecule has 1 atom stereocenters. The van der Waals surface area contributed by atoms with Gasteiger partial charge in [0, 0.05) is 24.3 Å². The lowest BCUT2D eigenvalue weighted by atomic mass is 10.1. The quantitative estimate of drug-likeness (QED) is 0.802. The van der Waals surface area contributed by atoms with Gasteiger partial charge in [-0.25, -0.2) is 4.98 Å². The van der Waals surface area contributed by atoms with Crippen LogP contribution in [0.1, 0.15) is 38.3 Å². The average molecular weight is 296 g/mol. The van der Waals surface area contributed by atoms with Crippen molar-refractivity contribution in [3.8, 4) is 11.6 Å². The molecule has 1 aliphatic rings. The Bertz CT molecular complexity index is 597. The van der Waals surface area contributed by atoms with E-state index in [0.29, 0.717) is 12.0 Å². The van der Waals surface area contributed by atoms with Gasteiger partial charge < -0.3 is 4.74 Å². The van der Waals surface area contributed by atoms with E-state index in [4.69, 9.17) is 4.74 Å². The van der Waals surface area contributed by atoms with Crippen LogP contribution in [0.25, 0.3) is 0 Å². The van der Waals surface area contributed by atoms with Gasteiger partial charge in [-0.3, -0.25) is 4.90 Å². The van der Waals surface area contributed by atoms with Crippen molar-refractivity contribution in [2.45, 2.75) is 32.7 Å². The Morgan fingerprint density at radius 2 is 2.00 bits per heavy atom. The third kappa shape index (κ3) is 3.47. The van der Waals surface area contributed by atoms with E-state index < -0.39 is 0 Å². The normalized spacial score (nSPS) is 18.8. The van der Waals surface area contributed by atoms with Crippen molar-refractivity contribution < 1.29 is 4.74 Å². The highest BCUT2D eigenvalue weighted by Gasteiger charge is 2.29. The zero-order valence-corrected chi connectivity index (χ0v) is 13.4. The van der Waals surface area contributed by atoms with Crippen molar-refractivity contribution in [2.75, 3.05) is 13.1 Å². The number of nitrogens with zero attached hydrogens (tertiary/aromatic N) is 2. The van der Waals surface area contributed by atoms with E-state index in [2.05, 4.69) is 29.8 Å². The van der Waals surface area contributed by atoms with E-state index in [-0.39, 0.29) is 0 Å². The molecule has 0 saturated carbocycles. The summed E-state index contributed by atoms with van der Waals surface area (Å²) in [6.45, 7) is 6.85. The van der Waals surface area contributed by atoms with Crippen molar-refractivity contribution in [3.05, 3.63) is 54.2 Å². The number of rotatable bonds is 5. The number of likely N-dealkylation sites (tertiary alicyclic amines) is 1. The third-order valence-electron chi connectivity index (χ3n) is 4.08. The monoisotopic (exact) mass is 296 g/mol. The van der Waals surface area contributed by atoms with E-state index in [0.717, 1.165) is 18.2 Å². The molecule has 0 radical (unpaired) electrons. The molecule has 22 heavy (non-hydrogen) atoms. The lowest BCUT2D eigenvalue weighted by molar-refractivity contribution is 0.225. The smallest absolute Gasteiger partial charge is 0.223 e. The molecule has 0 aliphatic carbocycles. The van der Waals surface area contributed by atoms with Crippen LogP contribution in [0, 0.1) is 5.92 Å². The highest BCUT2D eigenvalue weighted by atomic mass is 16.5. The number of pyridine rings is 1. The van der Waals surface area contributed by atoms with Crippen LogP contribution in [0.5, 0.6) is 11.6 Å². The molecule has 3 rings (SSSR count). The molecule has 3 heteroatoms. The SMILES string of the molecule is CC(C)CN1CCCC1c1cccnc1Oc1ccccc1. The summed E-state index contributed by atoms with van der Waals surface area (Å²) in [7, 11) is 0. The summed E-state index contributed by atoms with van der Waals surface area (Å²) in [5.41, 5.74) is 1.21. The minimum absolute atomic E-state index is 0.426. The van der Waals surface area contributed by atoms with Gasteiger partial charge in [0.1, 0.15) is 5.75 Å². The second kappa shape index (κ2) is 6.93. The van der Waals surface area contributed by atoms with Gasteiger partial charge in [0.15, 0.2) is 0 Å². The second-order valence-electron chi connectivity index (χ2n) is 6.36. The summed E-state index contributed by atoms with van der Waals surface area (Å²) in [4.78, 5) is 7.05. The second-order valence-corrected chi connectivity index (χ2v) is 6.36. The minimum Gasteiger partial charge on any atom is -0.439 e. The largest absolute Gasteiger partial charge is 0.439 e. The molecular formula is C19H24N2O. The molecule has 1 aromatic heterocycles. The number of hydrogen-bond donors (Lipinski definition) is 0. The molecule has 1 fully saturated rings. The molecule has 1 unspecified atom stereocenters. The molecule has 1 aliphatic heterocycles. The highest BCUT2D eigenvalue weighted by Crippen LogP contribution is 2.37. The fraction of sp³-hybridized carbons (Fsp3) is 0.421. The molecule has 2 heterocycles. The van der Waals surface area contributed by atoms with Gasteiger partial charge in [-0.1, -0.05) is 38.1 Å². The number of hydrogen-bond acceptors (Lipinski definition) is 3. The summed E-state index contributed by atoms with van der Waals surface area (Å²) < 4.78 is 6.04. The molecule has 0 N–H and O–H groups in total. The van der Waals surface area contributed by atoms with Gasteiger partial charge in [0.2, 0.25) is 5.88 Å². The Labute approximate surface area is 132 Å². The van der Waals surface area contributed by atoms with E-state index in [1.165, 1.54) is 24.9 Å². The van der Waals surface area contributed by atoms with Crippen molar-refractivity contribution in [1.82, 2.24) is 9.88 Å². The van der Waals surface area contributed by atoms with E-state index in [9.17, 15) is 0 Å². The summed E-state index contributed by atoms with van der Waals surface area (Å²) in [5.74, 6) is 2.26. The molecule has 1 saturated heterocycles. The van der Waals surface area contributed by atoms with Gasteiger partial charge in [0.05, 0.1) is 0 Å². The summed E-state index contributed by atoms with van der Waals surface area (Å²) in [6.07, 6.45) is 4.24. The van der Waals surface area contributed by atoms with Crippen LogP contribution < -0.4 is 4.74 Å². The van der Waals surface area contributed by atoms with Crippen LogP contribution in [0.15, 0.2) is 48.7 Å². The fourth-order valence-electron chi connectivity index (χ4n) is 3.21. The lowest BCUT2D eigenvalue weighted by Crippen LogP contribution is -2.27. The number of ether oxygens (including phenoxy) is 1. The first-order chi connectivity index (χ1) is 10.7. The maximum absolute atomic E-state index is 6.04. The maximum Gasteiger partial charge on any atom is 0.223 e. The van der Waals surface area contributed by atoms with Crippen LogP contribution in [0.2, 0.25) is 0 Å². The van der Waals surface area contributed by atoms with E-state index in [1.807, 2.05) is 42.6 Å². The van der Waals surface area contributed by atoms with Crippen molar-refractivity contribution in [3.63, 3.8) is 0 Å². The minimum atomic E-state index is 0.426. The van der Waals surface area contributed by atoms with E-state index >= 15 is 0 Å². The number of benzene rings is 1. The summed E-state index contributed by atoms with van der Waals surface area (Å²) in [6, 6.07) is 14.5. The van der Waals surface area contributed by atoms with Gasteiger partial charge in [-0.2, -0.15) is 0 Å². The Hall–Kier alpha value is -1.87. The van der Waals surface area contributed by atoms with E-state index in [1.54, 1.807) is 0 Å². The molecular weight excluding hydrogens is 272 g/mol. The van der Waals surface area contributed by atoms with Crippen LogP contribution >= 0.6 is 0 Å². The zero-order chi connectivity index (χ0) is 15.4. The van der Waals surface area contributed by atoms with Crippen molar-refractivity contribution in [1.29, 1.82) is 0 Å². The predicted octanol–water partition coefficient (Wildman–Crippen LogP) is 4.67. The molecule has 3 nitrogen and oxygen atoms in total. The first kappa shape index (κ1) is 15.0. The Kier molecular flexibility index (Phi) is 4.74. The molecule has 0 spiro atoms. The Balaban J connectivity index is 1.84. The lowest BCUT2D eigenvalue weighted by Gasteiger charge is -2.27. The maximum atomic E-state index is 6.04. The molecule has 0 amide bonds. The topological polar surface area (TPSA) is 25.4 Å². The van der Waals surface area contributed by atoms with Crippen molar-refractivity contribution >= 4 is 0 Å². The molecule has 2 aromatic rings. The first-order valence-electron chi connectivity index (χ1n) is 8.16. The van der Waals surface area contributed by atoms with Crippen LogP contribution in [-0.2, 0) is 0 Å². The molecule has 116 valence electrons. The zero-order valence-electron chi connectivity index (χ0n) is 13.4. The number of para-hydroxylation sites is 1. The van der Waals surface area contributed by atoms with Gasteiger partial charge >= 0.3 is 0 Å². The van der Waals surface area contributed by atoms with Crippen molar-refractivity contribution in [2.24, 2.45) is 5.92 Å². The Morgan fingerprint density at radius 3 is 2.77 bits per heavy atom. The summed E-state index contributed by atoms with van der Waals surface area (Å²) >= 11 is 0. The molecule has 0 bridgehead atoms. The fourth-order valence-corrected chi connectivity index (χ4v) is 3.21. The third-order valence-corrected chi connectivity index (χ3v) is 4.08. The first-order valence-corrected chi connectivity index (χ1v) is 8.16. The van der Waals surface area contributed by atoms with Gasteiger partial charge in [0.25, 0.3) is 0 Å². The van der Waals surface area contributed by atoms with Crippen LogP contribution in [0.4, 0.5) is 0 Å². The Morgan fingerprint density at radius 1 is 1.18 bits per heavy atom.